The van der Waals surface area contributed by atoms with E-state index in [0.717, 1.165) is 5.56 Å². The van der Waals surface area contributed by atoms with Crippen molar-refractivity contribution in [1.82, 2.24) is 10.1 Å². The lowest BCUT2D eigenvalue weighted by molar-refractivity contribution is -0.123. The molecule has 6 nitrogen and oxygen atoms in total. The van der Waals surface area contributed by atoms with Gasteiger partial charge in [0.15, 0.2) is 17.7 Å². The summed E-state index contributed by atoms with van der Waals surface area (Å²) in [6.45, 7) is 1.76. The van der Waals surface area contributed by atoms with Crippen molar-refractivity contribution in [3.8, 4) is 17.2 Å². The molecule has 3 rings (SSSR count). The first kappa shape index (κ1) is 16.6. The normalized spacial score (nSPS) is 11.8. The molecule has 1 amide bonds. The number of nitrogens with one attached hydrogen (secondary N) is 1. The first-order chi connectivity index (χ1) is 12.2. The van der Waals surface area contributed by atoms with E-state index in [1.165, 1.54) is 12.1 Å². The summed E-state index contributed by atoms with van der Waals surface area (Å²) in [7, 11) is 0. The highest BCUT2D eigenvalue weighted by molar-refractivity contribution is 5.92. The fraction of sp³-hybridized carbons (Fsp3) is 0.167. The van der Waals surface area contributed by atoms with E-state index in [2.05, 4.69) is 15.5 Å². The molecule has 3 aromatic rings. The number of rotatable bonds is 6. The van der Waals surface area contributed by atoms with E-state index in [4.69, 9.17) is 9.26 Å². The summed E-state index contributed by atoms with van der Waals surface area (Å²) in [4.78, 5) is 16.4. The van der Waals surface area contributed by atoms with Crippen LogP contribution in [0.1, 0.15) is 13.3 Å². The second-order valence-electron chi connectivity index (χ2n) is 5.22. The Labute approximate surface area is 143 Å². The van der Waals surface area contributed by atoms with Crippen molar-refractivity contribution in [2.45, 2.75) is 19.4 Å². The van der Waals surface area contributed by atoms with Crippen molar-refractivity contribution in [2.75, 3.05) is 5.32 Å². The van der Waals surface area contributed by atoms with Crippen molar-refractivity contribution in [2.24, 2.45) is 0 Å². The Kier molecular flexibility index (Phi) is 5.03. The maximum absolute atomic E-state index is 13.7. The Morgan fingerprint density at radius 1 is 1.20 bits per heavy atom. The number of hydrogen-bond acceptors (Lipinski definition) is 5. The van der Waals surface area contributed by atoms with Gasteiger partial charge in [0.25, 0.3) is 17.7 Å². The van der Waals surface area contributed by atoms with E-state index < -0.39 is 17.8 Å². The van der Waals surface area contributed by atoms with Gasteiger partial charge in [0.05, 0.1) is 0 Å². The number of para-hydroxylation sites is 1. The zero-order valence-electron chi connectivity index (χ0n) is 13.5. The zero-order chi connectivity index (χ0) is 17.6. The molecule has 1 heterocycles. The van der Waals surface area contributed by atoms with Crippen LogP contribution in [0.4, 0.5) is 10.3 Å². The van der Waals surface area contributed by atoms with Gasteiger partial charge >= 0.3 is 0 Å². The van der Waals surface area contributed by atoms with Crippen LogP contribution in [-0.4, -0.2) is 22.2 Å². The van der Waals surface area contributed by atoms with Gasteiger partial charge in [-0.15, -0.1) is 0 Å². The van der Waals surface area contributed by atoms with E-state index in [1.807, 2.05) is 30.3 Å². The van der Waals surface area contributed by atoms with Crippen LogP contribution in [-0.2, 0) is 4.79 Å². The van der Waals surface area contributed by atoms with Gasteiger partial charge in [0.1, 0.15) is 0 Å². The molecule has 1 atom stereocenters. The highest BCUT2D eigenvalue weighted by Crippen LogP contribution is 2.20. The number of nitrogens with zero attached hydrogens (tertiary/aromatic N) is 2. The minimum absolute atomic E-state index is 0.0163. The molecule has 0 radical (unpaired) electrons. The molecule has 128 valence electrons. The van der Waals surface area contributed by atoms with E-state index in [0.29, 0.717) is 12.3 Å². The van der Waals surface area contributed by atoms with Crippen molar-refractivity contribution in [1.29, 1.82) is 0 Å². The summed E-state index contributed by atoms with van der Waals surface area (Å²) < 4.78 is 24.2. The minimum atomic E-state index is -0.879. The van der Waals surface area contributed by atoms with Gasteiger partial charge in [-0.1, -0.05) is 37.3 Å². The lowest BCUT2D eigenvalue weighted by Crippen LogP contribution is -2.33. The monoisotopic (exact) mass is 341 g/mol. The van der Waals surface area contributed by atoms with E-state index in [-0.39, 0.29) is 11.7 Å². The molecular formula is C18H16FN3O3. The lowest BCUT2D eigenvalue weighted by Gasteiger charge is -2.16. The molecular weight excluding hydrogens is 325 g/mol. The average Bonchev–Trinajstić information content (AvgIpc) is 3.10. The van der Waals surface area contributed by atoms with Crippen LogP contribution in [0.5, 0.6) is 5.75 Å². The van der Waals surface area contributed by atoms with Gasteiger partial charge in [-0.05, 0) is 35.8 Å². The van der Waals surface area contributed by atoms with Gasteiger partial charge in [0.2, 0.25) is 0 Å². The number of aromatic nitrogens is 2. The molecule has 0 aliphatic heterocycles. The van der Waals surface area contributed by atoms with E-state index in [1.54, 1.807) is 19.1 Å². The molecule has 2 aromatic carbocycles. The van der Waals surface area contributed by atoms with Crippen LogP contribution in [0.2, 0.25) is 0 Å². The topological polar surface area (TPSA) is 77.2 Å². The smallest absolute Gasteiger partial charge is 0.270 e. The zero-order valence-corrected chi connectivity index (χ0v) is 13.5. The van der Waals surface area contributed by atoms with Crippen LogP contribution >= 0.6 is 0 Å². The fourth-order valence-electron chi connectivity index (χ4n) is 2.18. The molecule has 0 saturated carbocycles. The molecule has 0 aliphatic carbocycles. The second-order valence-corrected chi connectivity index (χ2v) is 5.22. The Hall–Kier alpha value is -3.22. The Bertz CT molecular complexity index is 852. The fourth-order valence-corrected chi connectivity index (χ4v) is 2.18. The van der Waals surface area contributed by atoms with Crippen molar-refractivity contribution in [3.05, 3.63) is 60.4 Å². The third-order valence-electron chi connectivity index (χ3n) is 3.45. The maximum Gasteiger partial charge on any atom is 0.270 e. The third-order valence-corrected chi connectivity index (χ3v) is 3.45. The van der Waals surface area contributed by atoms with Crippen LogP contribution in [0.15, 0.2) is 59.1 Å². The maximum atomic E-state index is 13.7. The standard InChI is InChI=1S/C18H16FN3O3/c1-2-14(24-15-11-7-6-10-13(15)19)16(23)20-18-21-17(25-22-18)12-8-4-3-5-9-12/h3-11,14H,2H2,1H3,(H,20,22,23). The predicted octanol–water partition coefficient (Wildman–Crippen LogP) is 3.67. The molecule has 25 heavy (non-hydrogen) atoms. The van der Waals surface area contributed by atoms with Gasteiger partial charge in [-0.25, -0.2) is 4.39 Å². The van der Waals surface area contributed by atoms with E-state index in [9.17, 15) is 9.18 Å². The molecule has 1 N–H and O–H groups in total. The van der Waals surface area contributed by atoms with Gasteiger partial charge < -0.3 is 9.26 Å². The third kappa shape index (κ3) is 4.00. The minimum Gasteiger partial charge on any atom is -0.478 e. The summed E-state index contributed by atoms with van der Waals surface area (Å²) in [5.74, 6) is -0.674. The highest BCUT2D eigenvalue weighted by atomic mass is 19.1. The molecule has 0 bridgehead atoms. The quantitative estimate of drug-likeness (QED) is 0.740. The summed E-state index contributed by atoms with van der Waals surface area (Å²) in [6, 6.07) is 15.1. The number of anilines is 1. The first-order valence-electron chi connectivity index (χ1n) is 7.78. The molecule has 0 spiro atoms. The summed E-state index contributed by atoms with van der Waals surface area (Å²) in [5, 5.41) is 6.25. The Balaban J connectivity index is 1.68. The SMILES string of the molecule is CCC(Oc1ccccc1F)C(=O)Nc1noc(-c2ccccc2)n1. The van der Waals surface area contributed by atoms with Crippen molar-refractivity contribution < 1.29 is 18.4 Å². The molecule has 0 fully saturated rings. The largest absolute Gasteiger partial charge is 0.478 e. The molecule has 0 saturated heterocycles. The number of carbonyl (C=O) groups is 1. The van der Waals surface area contributed by atoms with Gasteiger partial charge in [-0.3, -0.25) is 10.1 Å². The summed E-state index contributed by atoms with van der Waals surface area (Å²) >= 11 is 0. The van der Waals surface area contributed by atoms with E-state index >= 15 is 0 Å². The number of hydrogen-bond donors (Lipinski definition) is 1. The highest BCUT2D eigenvalue weighted by Gasteiger charge is 2.22. The molecule has 1 unspecified atom stereocenters. The second kappa shape index (κ2) is 7.57. The summed E-state index contributed by atoms with van der Waals surface area (Å²) in [6.07, 6.45) is -0.528. The Morgan fingerprint density at radius 3 is 2.64 bits per heavy atom. The Morgan fingerprint density at radius 2 is 1.92 bits per heavy atom. The van der Waals surface area contributed by atoms with Crippen molar-refractivity contribution >= 4 is 11.9 Å². The van der Waals surface area contributed by atoms with Crippen molar-refractivity contribution in [3.63, 3.8) is 0 Å². The predicted molar refractivity (Wildman–Crippen MR) is 89.5 cm³/mol. The number of ether oxygens (including phenoxy) is 1. The van der Waals surface area contributed by atoms with Crippen LogP contribution in [0.3, 0.4) is 0 Å². The summed E-state index contributed by atoms with van der Waals surface area (Å²) in [5.41, 5.74) is 0.741. The van der Waals surface area contributed by atoms with Gasteiger partial charge in [-0.2, -0.15) is 4.98 Å². The number of amides is 1. The number of benzene rings is 2. The molecule has 1 aromatic heterocycles. The number of carbonyl (C=O) groups excluding carboxylic acids is 1. The lowest BCUT2D eigenvalue weighted by atomic mass is 10.2. The molecule has 0 aliphatic rings. The average molecular weight is 341 g/mol. The van der Waals surface area contributed by atoms with Crippen LogP contribution in [0, 0.1) is 5.82 Å². The van der Waals surface area contributed by atoms with Crippen LogP contribution < -0.4 is 10.1 Å². The molecule has 7 heteroatoms. The number of halogens is 1. The first-order valence-corrected chi connectivity index (χ1v) is 7.78. The van der Waals surface area contributed by atoms with Gasteiger partial charge in [0, 0.05) is 5.56 Å². The van der Waals surface area contributed by atoms with Crippen LogP contribution in [0.25, 0.3) is 11.5 Å².